The molecule has 36 heavy (non-hydrogen) atoms. The number of aliphatic hydroxyl groups is 1. The van der Waals surface area contributed by atoms with Gasteiger partial charge in [0, 0.05) is 36.2 Å². The number of carbonyl (C=O) groups excluding carboxylic acids is 1. The quantitative estimate of drug-likeness (QED) is 0.599. The molecule has 5 atom stereocenters. The Labute approximate surface area is 213 Å². The number of ketones is 1. The van der Waals surface area contributed by atoms with E-state index >= 15 is 0 Å². The highest BCUT2D eigenvalue weighted by atomic mass is 16.7. The number of fused-ring (bicyclic) bond motifs is 4. The van der Waals surface area contributed by atoms with E-state index in [2.05, 4.69) is 31.2 Å². The Morgan fingerprint density at radius 2 is 1.58 bits per heavy atom. The number of carbonyl (C=O) groups is 1. The van der Waals surface area contributed by atoms with Crippen molar-refractivity contribution in [2.45, 2.75) is 88.3 Å². The van der Waals surface area contributed by atoms with Crippen molar-refractivity contribution >= 4 is 5.78 Å². The fraction of sp³-hybridized carbons (Fsp3) is 0.700. The largest absolute Gasteiger partial charge is 0.385 e. The van der Waals surface area contributed by atoms with Crippen LogP contribution in [0, 0.1) is 17.3 Å². The molecule has 6 aliphatic rings. The summed E-state index contributed by atoms with van der Waals surface area (Å²) in [6.45, 7) is 6.62. The molecule has 7 rings (SSSR count). The van der Waals surface area contributed by atoms with Crippen molar-refractivity contribution in [1.29, 1.82) is 0 Å². The zero-order valence-electron chi connectivity index (χ0n) is 21.5. The third kappa shape index (κ3) is 3.31. The molecular weight excluding hydrogens is 456 g/mol. The predicted octanol–water partition coefficient (Wildman–Crippen LogP) is 4.74. The van der Waals surface area contributed by atoms with Crippen LogP contribution in [0.15, 0.2) is 35.4 Å². The molecule has 6 nitrogen and oxygen atoms in total. The highest BCUT2D eigenvalue weighted by Gasteiger charge is 2.60. The van der Waals surface area contributed by atoms with Gasteiger partial charge in [0.15, 0.2) is 11.6 Å². The van der Waals surface area contributed by atoms with Gasteiger partial charge in [-0.05, 0) is 62.0 Å². The van der Waals surface area contributed by atoms with E-state index < -0.39 is 17.2 Å². The Morgan fingerprint density at radius 3 is 2.31 bits per heavy atom. The first-order valence-corrected chi connectivity index (χ1v) is 13.9. The average molecular weight is 495 g/mol. The molecule has 0 radical (unpaired) electrons. The molecule has 0 amide bonds. The van der Waals surface area contributed by atoms with E-state index in [9.17, 15) is 9.90 Å². The van der Waals surface area contributed by atoms with Gasteiger partial charge in [-0.3, -0.25) is 4.79 Å². The lowest BCUT2D eigenvalue weighted by Crippen LogP contribution is -2.53. The van der Waals surface area contributed by atoms with Crippen LogP contribution in [0.1, 0.15) is 82.3 Å². The monoisotopic (exact) mass is 494 g/mol. The van der Waals surface area contributed by atoms with Gasteiger partial charge in [0.2, 0.25) is 0 Å². The lowest BCUT2D eigenvalue weighted by atomic mass is 9.51. The van der Waals surface area contributed by atoms with Crippen molar-refractivity contribution in [3.63, 3.8) is 0 Å². The summed E-state index contributed by atoms with van der Waals surface area (Å²) in [5, 5.41) is 12.1. The van der Waals surface area contributed by atoms with Crippen LogP contribution in [0.2, 0.25) is 0 Å². The minimum atomic E-state index is -0.887. The van der Waals surface area contributed by atoms with Crippen LogP contribution in [-0.4, -0.2) is 48.7 Å². The lowest BCUT2D eigenvalue weighted by Gasteiger charge is -2.55. The van der Waals surface area contributed by atoms with Gasteiger partial charge in [-0.2, -0.15) is 0 Å². The van der Waals surface area contributed by atoms with Gasteiger partial charge in [-0.1, -0.05) is 36.8 Å². The molecule has 0 bridgehead atoms. The smallest absolute Gasteiger partial charge is 0.192 e. The second-order valence-electron chi connectivity index (χ2n) is 12.4. The standard InChI is InChI=1S/C30H38O6/c1-27-17-22(19-3-5-20(6-4-19)28(2)33-13-14-34-28)26-21(23(27)7-8-25(27)31)9-11-29(32)18-30(12-10-24(26)29)35-15-16-36-30/h3-6,21-23,32H,7-18H2,1-2H3/t21-,22+,23-,27-,29+/m0/s1. The molecule has 194 valence electrons. The second-order valence-corrected chi connectivity index (χ2v) is 12.4. The highest BCUT2D eigenvalue weighted by molar-refractivity contribution is 5.87. The van der Waals surface area contributed by atoms with Crippen molar-refractivity contribution in [3.8, 4) is 0 Å². The fourth-order valence-electron chi connectivity index (χ4n) is 8.78. The second kappa shape index (κ2) is 7.97. The lowest BCUT2D eigenvalue weighted by molar-refractivity contribution is -0.208. The summed E-state index contributed by atoms with van der Waals surface area (Å²) in [5.74, 6) is -0.0406. The van der Waals surface area contributed by atoms with Crippen molar-refractivity contribution in [1.82, 2.24) is 0 Å². The minimum absolute atomic E-state index is 0.131. The number of benzene rings is 1. The third-order valence-corrected chi connectivity index (χ3v) is 10.6. The molecule has 2 aliphatic heterocycles. The Kier molecular flexibility index (Phi) is 5.21. The Balaban J connectivity index is 1.31. The fourth-order valence-corrected chi connectivity index (χ4v) is 8.78. The zero-order valence-corrected chi connectivity index (χ0v) is 21.5. The molecule has 2 saturated heterocycles. The minimum Gasteiger partial charge on any atom is -0.385 e. The number of allylic oxidation sites excluding steroid dienone is 1. The van der Waals surface area contributed by atoms with Gasteiger partial charge < -0.3 is 24.1 Å². The highest BCUT2D eigenvalue weighted by Crippen LogP contribution is 2.64. The molecule has 0 unspecified atom stereocenters. The summed E-state index contributed by atoms with van der Waals surface area (Å²) in [4.78, 5) is 13.2. The normalized spacial score (nSPS) is 40.9. The maximum atomic E-state index is 13.2. The van der Waals surface area contributed by atoms with Crippen LogP contribution < -0.4 is 0 Å². The molecule has 6 heteroatoms. The van der Waals surface area contributed by atoms with Gasteiger partial charge in [-0.15, -0.1) is 0 Å². The first-order valence-electron chi connectivity index (χ1n) is 13.9. The van der Waals surface area contributed by atoms with E-state index in [4.69, 9.17) is 18.9 Å². The summed E-state index contributed by atoms with van der Waals surface area (Å²) >= 11 is 0. The maximum Gasteiger partial charge on any atom is 0.192 e. The number of hydrogen-bond acceptors (Lipinski definition) is 6. The third-order valence-electron chi connectivity index (χ3n) is 10.6. The molecule has 1 aromatic carbocycles. The van der Waals surface area contributed by atoms with Crippen molar-refractivity contribution in [2.75, 3.05) is 26.4 Å². The van der Waals surface area contributed by atoms with Crippen molar-refractivity contribution in [3.05, 3.63) is 46.5 Å². The Morgan fingerprint density at radius 1 is 0.889 bits per heavy atom. The van der Waals surface area contributed by atoms with Crippen LogP contribution in [0.3, 0.4) is 0 Å². The first kappa shape index (κ1) is 23.5. The van der Waals surface area contributed by atoms with Crippen LogP contribution >= 0.6 is 0 Å². The first-order chi connectivity index (χ1) is 17.3. The molecule has 3 saturated carbocycles. The number of ether oxygens (including phenoxy) is 4. The molecule has 2 heterocycles. The summed E-state index contributed by atoms with van der Waals surface area (Å²) in [7, 11) is 0. The molecule has 5 fully saturated rings. The van der Waals surface area contributed by atoms with Crippen molar-refractivity contribution < 1.29 is 28.8 Å². The molecule has 0 aromatic heterocycles. The van der Waals surface area contributed by atoms with E-state index in [0.29, 0.717) is 56.9 Å². The number of hydrogen-bond donors (Lipinski definition) is 1. The van der Waals surface area contributed by atoms with Crippen LogP contribution in [0.4, 0.5) is 0 Å². The topological polar surface area (TPSA) is 74.2 Å². The summed E-state index contributed by atoms with van der Waals surface area (Å²) in [6, 6.07) is 8.64. The van der Waals surface area contributed by atoms with E-state index in [0.717, 1.165) is 44.1 Å². The molecular formula is C30H38O6. The Bertz CT molecular complexity index is 1090. The van der Waals surface area contributed by atoms with E-state index in [1.165, 1.54) is 16.7 Å². The summed E-state index contributed by atoms with van der Waals surface area (Å²) in [6.07, 6.45) is 6.25. The predicted molar refractivity (Wildman–Crippen MR) is 132 cm³/mol. The number of Topliss-reactive ketones (excluding diaryl/α,β-unsaturated/α-hetero) is 1. The van der Waals surface area contributed by atoms with E-state index in [1.54, 1.807) is 0 Å². The maximum absolute atomic E-state index is 13.2. The molecule has 1 aromatic rings. The number of rotatable bonds is 2. The average Bonchev–Trinajstić information content (AvgIpc) is 3.58. The van der Waals surface area contributed by atoms with Gasteiger partial charge in [0.25, 0.3) is 0 Å². The van der Waals surface area contributed by atoms with Gasteiger partial charge in [0.05, 0.1) is 32.0 Å². The van der Waals surface area contributed by atoms with Crippen LogP contribution in [0.5, 0.6) is 0 Å². The van der Waals surface area contributed by atoms with Crippen LogP contribution in [-0.2, 0) is 29.5 Å². The van der Waals surface area contributed by atoms with E-state index in [-0.39, 0.29) is 11.3 Å². The SMILES string of the molecule is CC1(c2ccc([C@H]3C[C@]4(C)C(=O)CC[C@H]4[C@@H]4CC[C@@]5(O)CC6(CCC5=C43)OCCO6)cc2)OCCO1. The van der Waals surface area contributed by atoms with Gasteiger partial charge in [-0.25, -0.2) is 0 Å². The van der Waals surface area contributed by atoms with Gasteiger partial charge >= 0.3 is 0 Å². The summed E-state index contributed by atoms with van der Waals surface area (Å²) < 4.78 is 23.8. The molecule has 1 spiro atoms. The van der Waals surface area contributed by atoms with Crippen LogP contribution in [0.25, 0.3) is 0 Å². The molecule has 4 aliphatic carbocycles. The zero-order chi connectivity index (χ0) is 24.8. The van der Waals surface area contributed by atoms with Crippen molar-refractivity contribution in [2.24, 2.45) is 17.3 Å². The summed E-state index contributed by atoms with van der Waals surface area (Å²) in [5.41, 5.74) is 3.71. The van der Waals surface area contributed by atoms with Gasteiger partial charge in [0.1, 0.15) is 5.78 Å². The van der Waals surface area contributed by atoms with E-state index in [1.807, 2.05) is 6.92 Å². The Hall–Kier alpha value is -1.57. The molecule has 1 N–H and O–H groups in total.